The van der Waals surface area contributed by atoms with Crippen LogP contribution in [0.3, 0.4) is 0 Å². The maximum atomic E-state index is 12.8. The average molecular weight is 328 g/mol. The molecule has 5 heteroatoms. The highest BCUT2D eigenvalue weighted by atomic mass is 17.2. The fourth-order valence-electron chi connectivity index (χ4n) is 2.25. The van der Waals surface area contributed by atoms with Gasteiger partial charge in [0, 0.05) is 5.56 Å². The zero-order valence-corrected chi connectivity index (χ0v) is 13.7. The van der Waals surface area contributed by atoms with Crippen LogP contribution in [0, 0.1) is 6.92 Å². The van der Waals surface area contributed by atoms with Gasteiger partial charge in [0.15, 0.2) is 11.5 Å². The summed E-state index contributed by atoms with van der Waals surface area (Å²) in [6.07, 6.45) is 1.69. The third kappa shape index (κ3) is 4.00. The standard InChI is InChI=1S/C19H20O5/c1-3-4-12-23-24-18-15(10-7-11-16(18)19(21)22)17(20)14-9-6-5-8-13(14)2/h5-11H,3-4,12H2,1-2H3,(H,21,22). The number of aryl methyl sites for hydroxylation is 1. The van der Waals surface area contributed by atoms with Gasteiger partial charge in [-0.2, -0.15) is 4.89 Å². The van der Waals surface area contributed by atoms with Gasteiger partial charge in [0.25, 0.3) is 0 Å². The van der Waals surface area contributed by atoms with Gasteiger partial charge in [0.2, 0.25) is 0 Å². The maximum absolute atomic E-state index is 12.8. The Balaban J connectivity index is 2.41. The summed E-state index contributed by atoms with van der Waals surface area (Å²) in [7, 11) is 0. The Morgan fingerprint density at radius 3 is 2.33 bits per heavy atom. The van der Waals surface area contributed by atoms with Gasteiger partial charge >= 0.3 is 5.97 Å². The molecule has 126 valence electrons. The van der Waals surface area contributed by atoms with Crippen molar-refractivity contribution in [1.82, 2.24) is 0 Å². The molecule has 1 N–H and O–H groups in total. The van der Waals surface area contributed by atoms with Crippen molar-refractivity contribution in [3.8, 4) is 5.75 Å². The summed E-state index contributed by atoms with van der Waals surface area (Å²) < 4.78 is 0. The highest BCUT2D eigenvalue weighted by Gasteiger charge is 2.23. The quantitative estimate of drug-likeness (QED) is 0.343. The normalized spacial score (nSPS) is 10.4. The number of carbonyl (C=O) groups is 2. The highest BCUT2D eigenvalue weighted by molar-refractivity contribution is 6.13. The van der Waals surface area contributed by atoms with Crippen molar-refractivity contribution in [2.45, 2.75) is 26.7 Å². The highest BCUT2D eigenvalue weighted by Crippen LogP contribution is 2.28. The van der Waals surface area contributed by atoms with Gasteiger partial charge in [-0.05, 0) is 31.0 Å². The number of ketones is 1. The molecule has 0 bridgehead atoms. The summed E-state index contributed by atoms with van der Waals surface area (Å²) in [6, 6.07) is 11.6. The van der Waals surface area contributed by atoms with Gasteiger partial charge in [-0.3, -0.25) is 4.79 Å². The van der Waals surface area contributed by atoms with Crippen molar-refractivity contribution in [3.63, 3.8) is 0 Å². The van der Waals surface area contributed by atoms with E-state index in [1.54, 1.807) is 18.2 Å². The second kappa shape index (κ2) is 8.26. The Labute approximate surface area is 140 Å². The Morgan fingerprint density at radius 1 is 1.00 bits per heavy atom. The summed E-state index contributed by atoms with van der Waals surface area (Å²) in [6.45, 7) is 4.15. The SMILES string of the molecule is CCCCOOc1c(C(=O)O)cccc1C(=O)c1ccccc1C. The topological polar surface area (TPSA) is 72.8 Å². The lowest BCUT2D eigenvalue weighted by Gasteiger charge is -2.13. The molecule has 2 aromatic rings. The molecule has 0 fully saturated rings. The van der Waals surface area contributed by atoms with E-state index in [0.717, 1.165) is 18.4 Å². The van der Waals surface area contributed by atoms with Crippen LogP contribution in [0.4, 0.5) is 0 Å². The Bertz CT molecular complexity index is 736. The van der Waals surface area contributed by atoms with E-state index in [9.17, 15) is 14.7 Å². The summed E-state index contributed by atoms with van der Waals surface area (Å²) in [4.78, 5) is 34.6. The molecule has 0 saturated carbocycles. The molecule has 0 spiro atoms. The van der Waals surface area contributed by atoms with E-state index < -0.39 is 5.97 Å². The van der Waals surface area contributed by atoms with Crippen LogP contribution < -0.4 is 4.89 Å². The largest absolute Gasteiger partial charge is 0.478 e. The number of carboxylic acids is 1. The van der Waals surface area contributed by atoms with Crippen LogP contribution in [0.2, 0.25) is 0 Å². The van der Waals surface area contributed by atoms with Crippen LogP contribution in [0.15, 0.2) is 42.5 Å². The predicted molar refractivity (Wildman–Crippen MR) is 89.5 cm³/mol. The molecule has 0 aliphatic heterocycles. The van der Waals surface area contributed by atoms with Crippen LogP contribution in [-0.2, 0) is 4.89 Å². The smallest absolute Gasteiger partial charge is 0.339 e. The first-order valence-corrected chi connectivity index (χ1v) is 7.82. The first-order chi connectivity index (χ1) is 11.6. The van der Waals surface area contributed by atoms with E-state index in [-0.39, 0.29) is 22.7 Å². The predicted octanol–water partition coefficient (Wildman–Crippen LogP) is 4.03. The zero-order chi connectivity index (χ0) is 17.5. The van der Waals surface area contributed by atoms with Crippen molar-refractivity contribution >= 4 is 11.8 Å². The fourth-order valence-corrected chi connectivity index (χ4v) is 2.25. The van der Waals surface area contributed by atoms with Gasteiger partial charge in [0.1, 0.15) is 5.56 Å². The van der Waals surface area contributed by atoms with Gasteiger partial charge in [0.05, 0.1) is 12.2 Å². The number of aromatic carboxylic acids is 1. The summed E-state index contributed by atoms with van der Waals surface area (Å²) >= 11 is 0. The molecule has 2 rings (SSSR count). The molecule has 2 aromatic carbocycles. The fraction of sp³-hybridized carbons (Fsp3) is 0.263. The van der Waals surface area contributed by atoms with Crippen LogP contribution in [0.25, 0.3) is 0 Å². The minimum Gasteiger partial charge on any atom is -0.478 e. The number of benzene rings is 2. The summed E-state index contributed by atoms with van der Waals surface area (Å²) in [5.74, 6) is -1.54. The average Bonchev–Trinajstić information content (AvgIpc) is 2.58. The minimum atomic E-state index is -1.18. The van der Waals surface area contributed by atoms with E-state index in [1.165, 1.54) is 12.1 Å². The van der Waals surface area contributed by atoms with Crippen molar-refractivity contribution < 1.29 is 24.5 Å². The molecule has 0 heterocycles. The van der Waals surface area contributed by atoms with Gasteiger partial charge in [-0.15, -0.1) is 0 Å². The van der Waals surface area contributed by atoms with Crippen LogP contribution in [-0.4, -0.2) is 23.5 Å². The molecule has 0 aliphatic carbocycles. The maximum Gasteiger partial charge on any atom is 0.339 e. The van der Waals surface area contributed by atoms with E-state index in [2.05, 4.69) is 0 Å². The number of carboxylic acid groups (broad SMARTS) is 1. The van der Waals surface area contributed by atoms with E-state index >= 15 is 0 Å². The van der Waals surface area contributed by atoms with Gasteiger partial charge in [-0.1, -0.05) is 43.7 Å². The van der Waals surface area contributed by atoms with E-state index in [4.69, 9.17) is 9.78 Å². The van der Waals surface area contributed by atoms with Gasteiger partial charge in [-0.25, -0.2) is 4.79 Å². The molecule has 24 heavy (non-hydrogen) atoms. The molecule has 0 unspecified atom stereocenters. The number of hydrogen-bond acceptors (Lipinski definition) is 4. The second-order valence-electron chi connectivity index (χ2n) is 5.39. The number of unbranched alkanes of at least 4 members (excludes halogenated alkanes) is 1. The molecule has 0 radical (unpaired) electrons. The molecule has 0 aliphatic rings. The van der Waals surface area contributed by atoms with E-state index in [0.29, 0.717) is 12.2 Å². The number of rotatable bonds is 8. The molecule has 0 atom stereocenters. The number of hydrogen-bond donors (Lipinski definition) is 1. The molecular formula is C19H20O5. The van der Waals surface area contributed by atoms with Crippen molar-refractivity contribution in [1.29, 1.82) is 0 Å². The van der Waals surface area contributed by atoms with Crippen LogP contribution >= 0.6 is 0 Å². The molecule has 0 amide bonds. The van der Waals surface area contributed by atoms with Crippen molar-refractivity contribution in [2.24, 2.45) is 0 Å². The first kappa shape index (κ1) is 17.7. The lowest BCUT2D eigenvalue weighted by atomic mass is 9.97. The molecule has 5 nitrogen and oxygen atoms in total. The monoisotopic (exact) mass is 328 g/mol. The lowest BCUT2D eigenvalue weighted by Crippen LogP contribution is -2.12. The summed E-state index contributed by atoms with van der Waals surface area (Å²) in [5.41, 5.74) is 1.37. The number of carbonyl (C=O) groups excluding carboxylic acids is 1. The first-order valence-electron chi connectivity index (χ1n) is 7.82. The molecule has 0 saturated heterocycles. The third-order valence-corrected chi connectivity index (χ3v) is 3.60. The van der Waals surface area contributed by atoms with Crippen LogP contribution in [0.1, 0.15) is 51.6 Å². The van der Waals surface area contributed by atoms with Crippen molar-refractivity contribution in [2.75, 3.05) is 6.61 Å². The Kier molecular flexibility index (Phi) is 6.09. The lowest BCUT2D eigenvalue weighted by molar-refractivity contribution is -0.207. The minimum absolute atomic E-state index is 0.0608. The second-order valence-corrected chi connectivity index (χ2v) is 5.39. The Morgan fingerprint density at radius 2 is 1.67 bits per heavy atom. The van der Waals surface area contributed by atoms with Crippen LogP contribution in [0.5, 0.6) is 5.75 Å². The number of para-hydroxylation sites is 1. The Hall–Kier alpha value is -2.66. The van der Waals surface area contributed by atoms with Gasteiger partial charge < -0.3 is 9.99 Å². The van der Waals surface area contributed by atoms with Crippen molar-refractivity contribution in [3.05, 3.63) is 64.7 Å². The zero-order valence-electron chi connectivity index (χ0n) is 13.7. The molecular weight excluding hydrogens is 308 g/mol. The van der Waals surface area contributed by atoms with E-state index in [1.807, 2.05) is 26.0 Å². The third-order valence-electron chi connectivity index (χ3n) is 3.60. The summed E-state index contributed by atoms with van der Waals surface area (Å²) in [5, 5.41) is 9.35. The molecule has 0 aromatic heterocycles.